The molecule has 2 aliphatic rings. The van der Waals surface area contributed by atoms with Gasteiger partial charge in [0.05, 0.1) is 16.1 Å². The highest BCUT2D eigenvalue weighted by Gasteiger charge is 2.42. The minimum absolute atomic E-state index is 0.139. The van der Waals surface area contributed by atoms with E-state index < -0.39 is 5.44 Å². The van der Waals surface area contributed by atoms with E-state index >= 15 is 0 Å². The first kappa shape index (κ1) is 18.3. The lowest BCUT2D eigenvalue weighted by Crippen LogP contribution is -2.33. The number of ether oxygens (including phenoxy) is 1. The van der Waals surface area contributed by atoms with Gasteiger partial charge >= 0.3 is 5.97 Å². The third kappa shape index (κ3) is 3.86. The van der Waals surface area contributed by atoms with Gasteiger partial charge < -0.3 is 9.15 Å². The van der Waals surface area contributed by atoms with E-state index in [4.69, 9.17) is 9.15 Å². The molecule has 0 radical (unpaired) electrons. The number of allylic oxidation sites excluding steroid dienone is 1. The molecule has 0 amide bonds. The van der Waals surface area contributed by atoms with Crippen LogP contribution < -0.4 is 0 Å². The van der Waals surface area contributed by atoms with Gasteiger partial charge in [-0.05, 0) is 26.2 Å². The normalized spacial score (nSPS) is 27.3. The summed E-state index contributed by atoms with van der Waals surface area (Å²) in [4.78, 5) is 38.5. The fourth-order valence-electron chi connectivity index (χ4n) is 2.90. The van der Waals surface area contributed by atoms with Gasteiger partial charge in [-0.3, -0.25) is 19.3 Å². The molecule has 2 fully saturated rings. The van der Waals surface area contributed by atoms with Crippen LogP contribution in [0.5, 0.6) is 0 Å². The van der Waals surface area contributed by atoms with Gasteiger partial charge in [0.15, 0.2) is 17.0 Å². The summed E-state index contributed by atoms with van der Waals surface area (Å²) in [5.74, 6) is -0.260. The van der Waals surface area contributed by atoms with Crippen LogP contribution in [0.25, 0.3) is 0 Å². The number of carbonyl (C=O) groups is 3. The van der Waals surface area contributed by atoms with Crippen LogP contribution in [-0.4, -0.2) is 47.3 Å². The fraction of sp³-hybridized carbons (Fsp3) is 0.471. The summed E-state index contributed by atoms with van der Waals surface area (Å²) in [6.07, 6.45) is 2.06. The zero-order chi connectivity index (χ0) is 18.1. The molecule has 2 atom stereocenters. The molecule has 0 bridgehead atoms. The Bertz CT molecular complexity index is 705. The molecular weight excluding hydrogens is 362 g/mol. The highest BCUT2D eigenvalue weighted by Crippen LogP contribution is 2.51. The molecule has 1 saturated carbocycles. The van der Waals surface area contributed by atoms with Crippen molar-refractivity contribution in [2.45, 2.75) is 36.5 Å². The molecule has 1 aromatic rings. The predicted octanol–water partition coefficient (Wildman–Crippen LogP) is 2.76. The maximum absolute atomic E-state index is 12.6. The first-order valence-corrected chi connectivity index (χ1v) is 9.63. The zero-order valence-electron chi connectivity index (χ0n) is 14.2. The molecule has 0 N–H and O–H groups in total. The molecule has 2 unspecified atom stereocenters. The van der Waals surface area contributed by atoms with Crippen LogP contribution in [0, 0.1) is 0 Å². The Hall–Kier alpha value is -1.51. The van der Waals surface area contributed by atoms with Gasteiger partial charge in [-0.15, -0.1) is 0 Å². The Balaban J connectivity index is 1.83. The van der Waals surface area contributed by atoms with Crippen LogP contribution in [0.4, 0.5) is 0 Å². The Morgan fingerprint density at radius 1 is 1.24 bits per heavy atom. The number of carbonyl (C=O) groups excluding carboxylic acids is 3. The van der Waals surface area contributed by atoms with Crippen molar-refractivity contribution in [3.05, 3.63) is 34.0 Å². The van der Waals surface area contributed by atoms with Crippen molar-refractivity contribution in [2.24, 2.45) is 0 Å². The molecule has 8 heteroatoms. The second-order valence-corrected chi connectivity index (χ2v) is 8.69. The number of thioether (sulfide) groups is 2. The Morgan fingerprint density at radius 2 is 1.92 bits per heavy atom. The smallest absolute Gasteiger partial charge is 0.303 e. The first-order valence-electron chi connectivity index (χ1n) is 7.88. The highest BCUT2D eigenvalue weighted by molar-refractivity contribution is 8.26. The lowest BCUT2D eigenvalue weighted by atomic mass is 9.83. The van der Waals surface area contributed by atoms with Crippen molar-refractivity contribution in [3.8, 4) is 0 Å². The summed E-state index contributed by atoms with van der Waals surface area (Å²) in [5.41, 5.74) is -0.192. The lowest BCUT2D eigenvalue weighted by molar-refractivity contribution is -0.143. The Labute approximate surface area is 154 Å². The minimum atomic E-state index is -0.441. The molecule has 0 aromatic carbocycles. The Morgan fingerprint density at radius 3 is 2.44 bits per heavy atom. The highest BCUT2D eigenvalue weighted by atomic mass is 32.2. The van der Waals surface area contributed by atoms with Gasteiger partial charge in [0, 0.05) is 25.7 Å². The number of likely N-dealkylation sites (N-methyl/N-ethyl adjacent to an activating group) is 1. The van der Waals surface area contributed by atoms with E-state index in [-0.39, 0.29) is 47.2 Å². The average Bonchev–Trinajstić information content (AvgIpc) is 3.15. The zero-order valence-corrected chi connectivity index (χ0v) is 15.8. The van der Waals surface area contributed by atoms with E-state index in [0.29, 0.717) is 10.00 Å². The average molecular weight is 381 g/mol. The summed E-state index contributed by atoms with van der Waals surface area (Å²) in [5, 5.41) is -0.139. The van der Waals surface area contributed by atoms with Crippen LogP contribution in [0.3, 0.4) is 0 Å². The van der Waals surface area contributed by atoms with E-state index in [0.717, 1.165) is 0 Å². The van der Waals surface area contributed by atoms with Crippen molar-refractivity contribution in [2.75, 3.05) is 14.1 Å². The first-order chi connectivity index (χ1) is 11.9. The number of rotatable bonds is 3. The molecule has 6 nitrogen and oxygen atoms in total. The monoisotopic (exact) mass is 381 g/mol. The summed E-state index contributed by atoms with van der Waals surface area (Å²) in [6, 6.07) is 3.55. The van der Waals surface area contributed by atoms with E-state index in [9.17, 15) is 14.4 Å². The third-order valence-electron chi connectivity index (χ3n) is 4.05. The molecule has 1 aromatic heterocycles. The van der Waals surface area contributed by atoms with Crippen molar-refractivity contribution >= 4 is 41.1 Å². The minimum Gasteiger partial charge on any atom is -0.469 e. The SMILES string of the molecule is CC(=O)OC1SC(=C2C(=O)CC(c3ccco3)CC2=O)SC1N(C)C. The predicted molar refractivity (Wildman–Crippen MR) is 95.9 cm³/mol. The summed E-state index contributed by atoms with van der Waals surface area (Å²) < 4.78 is 11.3. The molecule has 3 rings (SSSR count). The molecule has 1 aliphatic heterocycles. The van der Waals surface area contributed by atoms with Gasteiger partial charge in [-0.1, -0.05) is 23.5 Å². The van der Waals surface area contributed by atoms with Gasteiger partial charge in [0.25, 0.3) is 0 Å². The van der Waals surface area contributed by atoms with Crippen LogP contribution in [0.2, 0.25) is 0 Å². The molecular formula is C17H19NO5S2. The van der Waals surface area contributed by atoms with Gasteiger partial charge in [0.1, 0.15) is 11.1 Å². The van der Waals surface area contributed by atoms with Crippen LogP contribution in [-0.2, 0) is 19.1 Å². The van der Waals surface area contributed by atoms with Crippen molar-refractivity contribution in [1.82, 2.24) is 4.90 Å². The van der Waals surface area contributed by atoms with E-state index in [1.807, 2.05) is 19.0 Å². The second kappa shape index (κ2) is 7.39. The standard InChI is InChI=1S/C17H19NO5S2/c1-9(19)23-16-15(18(2)3)24-17(25-16)14-11(20)7-10(8-12(14)21)13-5-4-6-22-13/h4-6,10,15-16H,7-8H2,1-3H3. The third-order valence-corrected chi connectivity index (χ3v) is 7.13. The number of Topliss-reactive ketones (excluding diaryl/α,β-unsaturated/α-hetero) is 2. The molecule has 1 aliphatic carbocycles. The van der Waals surface area contributed by atoms with Crippen LogP contribution in [0.1, 0.15) is 31.4 Å². The molecule has 25 heavy (non-hydrogen) atoms. The number of furan rings is 1. The molecule has 2 heterocycles. The number of nitrogens with zero attached hydrogens (tertiary/aromatic N) is 1. The van der Waals surface area contributed by atoms with Gasteiger partial charge in [-0.2, -0.15) is 0 Å². The topological polar surface area (TPSA) is 76.8 Å². The number of hydrogen-bond donors (Lipinski definition) is 0. The maximum atomic E-state index is 12.6. The lowest BCUT2D eigenvalue weighted by Gasteiger charge is -2.23. The van der Waals surface area contributed by atoms with E-state index in [1.165, 1.54) is 30.4 Å². The van der Waals surface area contributed by atoms with E-state index in [2.05, 4.69) is 0 Å². The number of ketones is 2. The van der Waals surface area contributed by atoms with Crippen molar-refractivity contribution in [1.29, 1.82) is 0 Å². The summed E-state index contributed by atoms with van der Waals surface area (Å²) >= 11 is 2.69. The largest absolute Gasteiger partial charge is 0.469 e. The van der Waals surface area contributed by atoms with Crippen LogP contribution >= 0.6 is 23.5 Å². The summed E-state index contributed by atoms with van der Waals surface area (Å²) in [7, 11) is 3.75. The van der Waals surface area contributed by atoms with Crippen molar-refractivity contribution in [3.63, 3.8) is 0 Å². The van der Waals surface area contributed by atoms with Crippen LogP contribution in [0.15, 0.2) is 32.6 Å². The van der Waals surface area contributed by atoms with Gasteiger partial charge in [-0.25, -0.2) is 0 Å². The number of hydrogen-bond acceptors (Lipinski definition) is 8. The second-order valence-electron chi connectivity index (χ2n) is 6.20. The Kier molecular flexibility index (Phi) is 5.41. The molecule has 1 saturated heterocycles. The molecule has 134 valence electrons. The van der Waals surface area contributed by atoms with Crippen molar-refractivity contribution < 1.29 is 23.5 Å². The molecule has 0 spiro atoms. The number of esters is 1. The summed E-state index contributed by atoms with van der Waals surface area (Å²) in [6.45, 7) is 1.36. The maximum Gasteiger partial charge on any atom is 0.303 e. The van der Waals surface area contributed by atoms with E-state index in [1.54, 1.807) is 18.4 Å². The quantitative estimate of drug-likeness (QED) is 0.449. The van der Waals surface area contributed by atoms with Gasteiger partial charge in [0.2, 0.25) is 0 Å². The fourth-order valence-corrected chi connectivity index (χ4v) is 6.08.